The van der Waals surface area contributed by atoms with Gasteiger partial charge in [0.15, 0.2) is 0 Å². The van der Waals surface area contributed by atoms with E-state index >= 15 is 0 Å². The fourth-order valence-corrected chi connectivity index (χ4v) is 4.67. The summed E-state index contributed by atoms with van der Waals surface area (Å²) in [6.45, 7) is 2.85. The first-order valence-corrected chi connectivity index (χ1v) is 11.5. The predicted octanol–water partition coefficient (Wildman–Crippen LogP) is 4.10. The van der Waals surface area contributed by atoms with Gasteiger partial charge in [-0.25, -0.2) is 4.98 Å². The van der Waals surface area contributed by atoms with Crippen LogP contribution in [0.1, 0.15) is 15.4 Å². The lowest BCUT2D eigenvalue weighted by Crippen LogP contribution is -2.36. The number of thiazole rings is 1. The molecule has 0 radical (unpaired) electrons. The van der Waals surface area contributed by atoms with Crippen LogP contribution >= 0.6 is 22.9 Å². The minimum Gasteiger partial charge on any atom is -0.495 e. The first-order valence-electron chi connectivity index (χ1n) is 10.3. The fraction of sp³-hybridized carbons (Fsp3) is 0.304. The maximum atomic E-state index is 13.1. The average molecular weight is 474 g/mol. The lowest BCUT2D eigenvalue weighted by molar-refractivity contribution is 0.102. The number of halogens is 1. The molecule has 0 bridgehead atoms. The number of hydrogen-bond acceptors (Lipinski definition) is 7. The number of rotatable bonds is 7. The maximum absolute atomic E-state index is 13.1. The van der Waals surface area contributed by atoms with Gasteiger partial charge in [0.25, 0.3) is 5.91 Å². The van der Waals surface area contributed by atoms with Gasteiger partial charge in [-0.05, 0) is 24.3 Å². The van der Waals surface area contributed by atoms with E-state index < -0.39 is 0 Å². The molecule has 0 unspecified atom stereocenters. The number of carbonyl (C=O) groups excluding carboxylic acids is 1. The normalized spacial score (nSPS) is 13.8. The highest BCUT2D eigenvalue weighted by Gasteiger charge is 2.20. The third-order valence-corrected chi connectivity index (χ3v) is 6.53. The molecule has 1 aliphatic rings. The lowest BCUT2D eigenvalue weighted by atomic mass is 10.2. The highest BCUT2D eigenvalue weighted by Crippen LogP contribution is 2.33. The first kappa shape index (κ1) is 22.5. The molecule has 2 heterocycles. The Hall–Kier alpha value is -2.65. The first-order chi connectivity index (χ1) is 15.6. The number of morpholine rings is 1. The summed E-state index contributed by atoms with van der Waals surface area (Å²) >= 11 is 7.27. The summed E-state index contributed by atoms with van der Waals surface area (Å²) in [5.74, 6) is 0.416. The lowest BCUT2D eigenvalue weighted by Gasteiger charge is -2.30. The molecule has 2 N–H and O–H groups in total. The number of nitrogens with one attached hydrogen (secondary N) is 1. The van der Waals surface area contributed by atoms with E-state index in [4.69, 9.17) is 21.1 Å². The van der Waals surface area contributed by atoms with Gasteiger partial charge in [0, 0.05) is 48.5 Å². The van der Waals surface area contributed by atoms with Crippen molar-refractivity contribution in [2.45, 2.75) is 6.42 Å². The smallest absolute Gasteiger partial charge is 0.267 e. The van der Waals surface area contributed by atoms with E-state index in [1.807, 2.05) is 30.3 Å². The van der Waals surface area contributed by atoms with Crippen molar-refractivity contribution >= 4 is 40.2 Å². The zero-order chi connectivity index (χ0) is 22.5. The van der Waals surface area contributed by atoms with E-state index in [2.05, 4.69) is 15.2 Å². The van der Waals surface area contributed by atoms with Gasteiger partial charge >= 0.3 is 0 Å². The Morgan fingerprint density at radius 3 is 2.69 bits per heavy atom. The molecule has 7 nitrogen and oxygen atoms in total. The summed E-state index contributed by atoms with van der Waals surface area (Å²) in [6.07, 6.45) is 0.298. The van der Waals surface area contributed by atoms with Crippen LogP contribution in [-0.4, -0.2) is 56.0 Å². The Bertz CT molecular complexity index is 1080. The number of aliphatic hydroxyl groups excluding tert-OH is 1. The van der Waals surface area contributed by atoms with Crippen LogP contribution in [0.4, 0.5) is 11.4 Å². The molecule has 1 aromatic heterocycles. The van der Waals surface area contributed by atoms with Crippen molar-refractivity contribution in [1.82, 2.24) is 4.98 Å². The molecule has 1 amide bonds. The van der Waals surface area contributed by atoms with Gasteiger partial charge in [0.05, 0.1) is 31.7 Å². The topological polar surface area (TPSA) is 83.9 Å². The number of methoxy groups -OCH3 is 1. The molecular weight excluding hydrogens is 450 g/mol. The van der Waals surface area contributed by atoms with Crippen LogP contribution in [0.5, 0.6) is 5.75 Å². The average Bonchev–Trinajstić information content (AvgIpc) is 3.24. The summed E-state index contributed by atoms with van der Waals surface area (Å²) in [6, 6.07) is 12.9. The number of aliphatic hydroxyl groups is 1. The van der Waals surface area contributed by atoms with Crippen molar-refractivity contribution < 1.29 is 19.4 Å². The molecule has 4 rings (SSSR count). The number of anilines is 2. The van der Waals surface area contributed by atoms with Gasteiger partial charge in [0.2, 0.25) is 0 Å². The second-order valence-corrected chi connectivity index (χ2v) is 8.65. The second-order valence-electron chi connectivity index (χ2n) is 7.22. The number of nitrogens with zero attached hydrogens (tertiary/aromatic N) is 2. The van der Waals surface area contributed by atoms with Crippen molar-refractivity contribution in [2.75, 3.05) is 50.2 Å². The van der Waals surface area contributed by atoms with Crippen LogP contribution < -0.4 is 15.0 Å². The largest absolute Gasteiger partial charge is 0.495 e. The zero-order valence-corrected chi connectivity index (χ0v) is 19.2. The minimum absolute atomic E-state index is 0.0911. The van der Waals surface area contributed by atoms with E-state index in [1.165, 1.54) is 11.3 Å². The van der Waals surface area contributed by atoms with E-state index in [9.17, 15) is 9.90 Å². The number of hydrogen-bond donors (Lipinski definition) is 2. The Labute approximate surface area is 195 Å². The zero-order valence-electron chi connectivity index (χ0n) is 17.6. The number of ether oxygens (including phenoxy) is 2. The fourth-order valence-electron chi connectivity index (χ4n) is 3.53. The highest BCUT2D eigenvalue weighted by atomic mass is 35.5. The molecule has 32 heavy (non-hydrogen) atoms. The van der Waals surface area contributed by atoms with Crippen molar-refractivity contribution in [2.24, 2.45) is 0 Å². The molecule has 1 saturated heterocycles. The molecule has 9 heteroatoms. The van der Waals surface area contributed by atoms with Crippen molar-refractivity contribution in [3.8, 4) is 16.3 Å². The quantitative estimate of drug-likeness (QED) is 0.537. The van der Waals surface area contributed by atoms with Gasteiger partial charge in [-0.2, -0.15) is 0 Å². The molecule has 2 aromatic carbocycles. The minimum atomic E-state index is -0.271. The summed E-state index contributed by atoms with van der Waals surface area (Å²) in [5, 5.41) is 13.7. The third kappa shape index (κ3) is 5.05. The number of aromatic nitrogens is 1. The van der Waals surface area contributed by atoms with Crippen LogP contribution in [0.2, 0.25) is 5.02 Å². The van der Waals surface area contributed by atoms with E-state index in [1.54, 1.807) is 19.2 Å². The van der Waals surface area contributed by atoms with Crippen LogP contribution in [-0.2, 0) is 11.2 Å². The van der Waals surface area contributed by atoms with Crippen LogP contribution in [0.25, 0.3) is 10.6 Å². The summed E-state index contributed by atoms with van der Waals surface area (Å²) in [5.41, 5.74) is 3.03. The molecule has 0 spiro atoms. The van der Waals surface area contributed by atoms with Crippen molar-refractivity contribution in [3.05, 3.63) is 58.1 Å². The van der Waals surface area contributed by atoms with Gasteiger partial charge in [0.1, 0.15) is 15.6 Å². The Kier molecular flexibility index (Phi) is 7.26. The second kappa shape index (κ2) is 10.3. The molecular formula is C23H24ClN3O4S. The summed E-state index contributed by atoms with van der Waals surface area (Å²) in [7, 11) is 1.62. The van der Waals surface area contributed by atoms with E-state index in [0.29, 0.717) is 51.7 Å². The number of carbonyl (C=O) groups is 1. The van der Waals surface area contributed by atoms with Gasteiger partial charge in [-0.15, -0.1) is 11.3 Å². The molecule has 3 aromatic rings. The SMILES string of the molecule is COc1cc(NC(=O)c2sc(-c3ccc(Cl)cc3)nc2CCO)ccc1N1CCOCC1. The molecule has 0 atom stereocenters. The highest BCUT2D eigenvalue weighted by molar-refractivity contribution is 7.17. The van der Waals surface area contributed by atoms with Gasteiger partial charge in [-0.3, -0.25) is 4.79 Å². The molecule has 168 valence electrons. The van der Waals surface area contributed by atoms with Gasteiger partial charge < -0.3 is 24.8 Å². The van der Waals surface area contributed by atoms with Crippen molar-refractivity contribution in [3.63, 3.8) is 0 Å². The summed E-state index contributed by atoms with van der Waals surface area (Å²) < 4.78 is 11.0. The molecule has 0 aliphatic carbocycles. The Morgan fingerprint density at radius 2 is 2.00 bits per heavy atom. The van der Waals surface area contributed by atoms with E-state index in [0.717, 1.165) is 24.3 Å². The van der Waals surface area contributed by atoms with E-state index in [-0.39, 0.29) is 12.5 Å². The van der Waals surface area contributed by atoms with Crippen LogP contribution in [0.15, 0.2) is 42.5 Å². The molecule has 0 saturated carbocycles. The monoisotopic (exact) mass is 473 g/mol. The van der Waals surface area contributed by atoms with Gasteiger partial charge in [-0.1, -0.05) is 23.7 Å². The Balaban J connectivity index is 1.57. The predicted molar refractivity (Wildman–Crippen MR) is 127 cm³/mol. The number of amides is 1. The van der Waals surface area contributed by atoms with Crippen molar-refractivity contribution in [1.29, 1.82) is 0 Å². The number of benzene rings is 2. The standard InChI is InChI=1S/C23H24ClN3O4S/c1-30-20-14-17(6-7-19(20)27-9-12-31-13-10-27)25-22(29)21-18(8-11-28)26-23(32-21)15-2-4-16(24)5-3-15/h2-7,14,28H,8-13H2,1H3,(H,25,29). The van der Waals surface area contributed by atoms with Crippen LogP contribution in [0, 0.1) is 0 Å². The third-order valence-electron chi connectivity index (χ3n) is 5.13. The van der Waals surface area contributed by atoms with Crippen LogP contribution in [0.3, 0.4) is 0 Å². The molecule has 1 fully saturated rings. The summed E-state index contributed by atoms with van der Waals surface area (Å²) in [4.78, 5) is 20.3. The molecule has 1 aliphatic heterocycles. The Morgan fingerprint density at radius 1 is 1.25 bits per heavy atom. The maximum Gasteiger partial charge on any atom is 0.267 e.